The van der Waals surface area contributed by atoms with Crippen molar-refractivity contribution >= 4 is 11.6 Å². The van der Waals surface area contributed by atoms with E-state index in [0.29, 0.717) is 5.92 Å². The Bertz CT molecular complexity index is 383. The maximum absolute atomic E-state index is 9.17. The third-order valence-corrected chi connectivity index (χ3v) is 3.25. The molecule has 1 aromatic rings. The number of aromatic nitrogens is 2. The number of nitrogens with one attached hydrogen (secondary N) is 1. The van der Waals surface area contributed by atoms with Gasteiger partial charge in [-0.15, -0.1) is 0 Å². The molecule has 1 unspecified atom stereocenters. The molecule has 2 N–H and O–H groups in total. The Morgan fingerprint density at radius 1 is 1.53 bits per heavy atom. The summed E-state index contributed by atoms with van der Waals surface area (Å²) in [6.45, 7) is 7.07. The predicted molar refractivity (Wildman–Crippen MR) is 68.3 cm³/mol. The van der Waals surface area contributed by atoms with Crippen LogP contribution in [0.15, 0.2) is 6.33 Å². The van der Waals surface area contributed by atoms with Gasteiger partial charge in [-0.2, -0.15) is 0 Å². The van der Waals surface area contributed by atoms with E-state index in [0.717, 1.165) is 43.3 Å². The van der Waals surface area contributed by atoms with E-state index < -0.39 is 0 Å². The van der Waals surface area contributed by atoms with Gasteiger partial charge in [0, 0.05) is 37.7 Å². The van der Waals surface area contributed by atoms with Gasteiger partial charge in [0.1, 0.15) is 18.0 Å². The van der Waals surface area contributed by atoms with E-state index in [-0.39, 0.29) is 6.61 Å². The molecule has 0 aliphatic carbocycles. The Morgan fingerprint density at radius 2 is 2.35 bits per heavy atom. The smallest absolute Gasteiger partial charge is 0.137 e. The molecule has 1 aliphatic heterocycles. The van der Waals surface area contributed by atoms with Gasteiger partial charge in [-0.25, -0.2) is 9.97 Å². The van der Waals surface area contributed by atoms with Gasteiger partial charge in [-0.05, 0) is 20.3 Å². The molecule has 1 fully saturated rings. The minimum atomic E-state index is 0.265. The first-order valence-electron chi connectivity index (χ1n) is 6.17. The monoisotopic (exact) mass is 236 g/mol. The average molecular weight is 236 g/mol. The van der Waals surface area contributed by atoms with Crippen LogP contribution in [0.4, 0.5) is 11.6 Å². The predicted octanol–water partition coefficient (Wildman–Crippen LogP) is 1.04. The highest BCUT2D eigenvalue weighted by molar-refractivity contribution is 5.58. The standard InChI is InChI=1S/C12H20N4O/c1-3-13-11-9(2)12(15-8-14-11)16-5-4-10(6-16)7-17/h8,10,17H,3-7H2,1-2H3,(H,13,14,15). The van der Waals surface area contributed by atoms with Gasteiger partial charge in [0.05, 0.1) is 0 Å². The molecule has 94 valence electrons. The second kappa shape index (κ2) is 5.31. The van der Waals surface area contributed by atoms with Gasteiger partial charge in [0.15, 0.2) is 0 Å². The first kappa shape index (κ1) is 12.1. The zero-order valence-corrected chi connectivity index (χ0v) is 10.5. The van der Waals surface area contributed by atoms with Crippen LogP contribution < -0.4 is 10.2 Å². The van der Waals surface area contributed by atoms with Crippen molar-refractivity contribution < 1.29 is 5.11 Å². The van der Waals surface area contributed by atoms with Gasteiger partial charge >= 0.3 is 0 Å². The lowest BCUT2D eigenvalue weighted by atomic mass is 10.1. The van der Waals surface area contributed by atoms with Gasteiger partial charge in [-0.3, -0.25) is 0 Å². The molecule has 5 nitrogen and oxygen atoms in total. The summed E-state index contributed by atoms with van der Waals surface area (Å²) in [5, 5.41) is 12.4. The molecule has 2 heterocycles. The molecule has 0 amide bonds. The van der Waals surface area contributed by atoms with E-state index in [9.17, 15) is 0 Å². The third kappa shape index (κ3) is 2.49. The number of hydrogen-bond acceptors (Lipinski definition) is 5. The van der Waals surface area contributed by atoms with Crippen molar-refractivity contribution in [1.29, 1.82) is 0 Å². The Hall–Kier alpha value is -1.36. The summed E-state index contributed by atoms with van der Waals surface area (Å²) in [6.07, 6.45) is 2.64. The summed E-state index contributed by atoms with van der Waals surface area (Å²) in [7, 11) is 0. The van der Waals surface area contributed by atoms with Gasteiger partial charge in [0.2, 0.25) is 0 Å². The third-order valence-electron chi connectivity index (χ3n) is 3.25. The first-order valence-corrected chi connectivity index (χ1v) is 6.17. The Balaban J connectivity index is 2.18. The summed E-state index contributed by atoms with van der Waals surface area (Å²) >= 11 is 0. The summed E-state index contributed by atoms with van der Waals surface area (Å²) in [6, 6.07) is 0. The highest BCUT2D eigenvalue weighted by Gasteiger charge is 2.24. The SMILES string of the molecule is CCNc1ncnc(N2CCC(CO)C2)c1C. The zero-order valence-electron chi connectivity index (χ0n) is 10.5. The van der Waals surface area contributed by atoms with Gasteiger partial charge in [0.25, 0.3) is 0 Å². The molecule has 0 radical (unpaired) electrons. The number of aliphatic hydroxyl groups is 1. The molecule has 0 spiro atoms. The molecule has 1 aromatic heterocycles. The summed E-state index contributed by atoms with van der Waals surface area (Å²) in [4.78, 5) is 10.8. The van der Waals surface area contributed by atoms with Crippen LogP contribution in [0.5, 0.6) is 0 Å². The molecular formula is C12H20N4O. The van der Waals surface area contributed by atoms with Crippen LogP contribution in [0.25, 0.3) is 0 Å². The van der Waals surface area contributed by atoms with Crippen molar-refractivity contribution in [3.63, 3.8) is 0 Å². The van der Waals surface area contributed by atoms with Crippen molar-refractivity contribution in [3.8, 4) is 0 Å². The normalized spacial score (nSPS) is 19.7. The second-order valence-electron chi connectivity index (χ2n) is 4.48. The molecule has 1 atom stereocenters. The van der Waals surface area contributed by atoms with E-state index in [2.05, 4.69) is 27.1 Å². The number of rotatable bonds is 4. The number of aliphatic hydroxyl groups excluding tert-OH is 1. The fourth-order valence-corrected chi connectivity index (χ4v) is 2.28. The van der Waals surface area contributed by atoms with Crippen LogP contribution in [0.3, 0.4) is 0 Å². The number of anilines is 2. The molecule has 5 heteroatoms. The van der Waals surface area contributed by atoms with Crippen LogP contribution in [-0.2, 0) is 0 Å². The molecule has 2 rings (SSSR count). The summed E-state index contributed by atoms with van der Waals surface area (Å²) in [5.41, 5.74) is 1.09. The molecule has 0 aromatic carbocycles. The Morgan fingerprint density at radius 3 is 3.00 bits per heavy atom. The number of hydrogen-bond donors (Lipinski definition) is 2. The van der Waals surface area contributed by atoms with E-state index in [4.69, 9.17) is 5.11 Å². The van der Waals surface area contributed by atoms with Gasteiger partial charge < -0.3 is 15.3 Å². The minimum absolute atomic E-state index is 0.265. The van der Waals surface area contributed by atoms with Crippen molar-refractivity contribution in [2.45, 2.75) is 20.3 Å². The fourth-order valence-electron chi connectivity index (χ4n) is 2.28. The summed E-state index contributed by atoms with van der Waals surface area (Å²) in [5.74, 6) is 2.28. The fraction of sp³-hybridized carbons (Fsp3) is 0.667. The van der Waals surface area contributed by atoms with Crippen LogP contribution in [0.2, 0.25) is 0 Å². The molecule has 17 heavy (non-hydrogen) atoms. The molecule has 0 bridgehead atoms. The molecule has 0 saturated carbocycles. The largest absolute Gasteiger partial charge is 0.396 e. The van der Waals surface area contributed by atoms with Gasteiger partial charge in [-0.1, -0.05) is 0 Å². The van der Waals surface area contributed by atoms with Crippen LogP contribution in [-0.4, -0.2) is 41.3 Å². The lowest BCUT2D eigenvalue weighted by molar-refractivity contribution is 0.238. The van der Waals surface area contributed by atoms with E-state index in [1.165, 1.54) is 0 Å². The van der Waals surface area contributed by atoms with E-state index in [1.54, 1.807) is 6.33 Å². The molecule has 1 aliphatic rings. The minimum Gasteiger partial charge on any atom is -0.396 e. The van der Waals surface area contributed by atoms with Crippen molar-refractivity contribution in [1.82, 2.24) is 9.97 Å². The maximum Gasteiger partial charge on any atom is 0.137 e. The van der Waals surface area contributed by atoms with Crippen molar-refractivity contribution in [2.75, 3.05) is 36.5 Å². The quantitative estimate of drug-likeness (QED) is 0.818. The van der Waals surface area contributed by atoms with Crippen molar-refractivity contribution in [3.05, 3.63) is 11.9 Å². The van der Waals surface area contributed by atoms with E-state index >= 15 is 0 Å². The Kier molecular flexibility index (Phi) is 3.78. The highest BCUT2D eigenvalue weighted by atomic mass is 16.3. The Labute approximate surface area is 102 Å². The maximum atomic E-state index is 9.17. The van der Waals surface area contributed by atoms with Crippen LogP contribution in [0.1, 0.15) is 18.9 Å². The van der Waals surface area contributed by atoms with Crippen LogP contribution >= 0.6 is 0 Å². The topological polar surface area (TPSA) is 61.3 Å². The lowest BCUT2D eigenvalue weighted by Gasteiger charge is -2.20. The highest BCUT2D eigenvalue weighted by Crippen LogP contribution is 2.27. The lowest BCUT2D eigenvalue weighted by Crippen LogP contribution is -2.23. The summed E-state index contributed by atoms with van der Waals surface area (Å²) < 4.78 is 0. The van der Waals surface area contributed by atoms with Crippen LogP contribution in [0, 0.1) is 12.8 Å². The number of nitrogens with zero attached hydrogens (tertiary/aromatic N) is 3. The molecular weight excluding hydrogens is 216 g/mol. The average Bonchev–Trinajstić information content (AvgIpc) is 2.80. The molecule has 1 saturated heterocycles. The van der Waals surface area contributed by atoms with Crippen molar-refractivity contribution in [2.24, 2.45) is 5.92 Å². The zero-order chi connectivity index (χ0) is 12.3. The first-order chi connectivity index (χ1) is 8.26. The second-order valence-corrected chi connectivity index (χ2v) is 4.48. The van der Waals surface area contributed by atoms with E-state index in [1.807, 2.05) is 6.92 Å².